The predicted molar refractivity (Wildman–Crippen MR) is 94.9 cm³/mol. The van der Waals surface area contributed by atoms with E-state index in [1.165, 1.54) is 29.0 Å². The van der Waals surface area contributed by atoms with Gasteiger partial charge in [-0.25, -0.2) is 4.79 Å². The van der Waals surface area contributed by atoms with Gasteiger partial charge >= 0.3 is 5.97 Å². The molecule has 0 aromatic carbocycles. The number of nitrogens with one attached hydrogen (secondary N) is 2. The molecule has 0 radical (unpaired) electrons. The number of fused-ring (bicyclic) bond motifs is 1. The lowest BCUT2D eigenvalue weighted by Crippen LogP contribution is -3.17. The molecule has 6 heteroatoms. The van der Waals surface area contributed by atoms with E-state index in [1.807, 2.05) is 6.92 Å². The summed E-state index contributed by atoms with van der Waals surface area (Å²) < 4.78 is 5.21. The van der Waals surface area contributed by atoms with Crippen molar-refractivity contribution >= 4 is 28.2 Å². The van der Waals surface area contributed by atoms with Gasteiger partial charge in [0.05, 0.1) is 24.8 Å². The lowest BCUT2D eigenvalue weighted by molar-refractivity contribution is -0.920. The van der Waals surface area contributed by atoms with E-state index in [9.17, 15) is 9.59 Å². The van der Waals surface area contributed by atoms with E-state index in [0.29, 0.717) is 29.8 Å². The Bertz CT molecular complexity index is 626. The van der Waals surface area contributed by atoms with Crippen LogP contribution >= 0.6 is 11.3 Å². The molecule has 2 N–H and O–H groups in total. The van der Waals surface area contributed by atoms with E-state index in [0.717, 1.165) is 31.4 Å². The summed E-state index contributed by atoms with van der Waals surface area (Å²) >= 11 is 1.55. The molecule has 2 heterocycles. The highest BCUT2D eigenvalue weighted by Gasteiger charge is 2.30. The molecule has 1 aliphatic heterocycles. The maximum Gasteiger partial charge on any atom is 0.341 e. The maximum absolute atomic E-state index is 12.5. The largest absolute Gasteiger partial charge is 0.462 e. The van der Waals surface area contributed by atoms with E-state index in [2.05, 4.69) is 12.2 Å². The Morgan fingerprint density at radius 3 is 2.88 bits per heavy atom. The van der Waals surface area contributed by atoms with Gasteiger partial charge in [0.1, 0.15) is 5.00 Å². The fourth-order valence-electron chi connectivity index (χ4n) is 3.80. The van der Waals surface area contributed by atoms with Gasteiger partial charge in [0.25, 0.3) is 5.91 Å². The van der Waals surface area contributed by atoms with Crippen LogP contribution in [0, 0.1) is 0 Å². The van der Waals surface area contributed by atoms with Crippen molar-refractivity contribution in [2.45, 2.75) is 58.4 Å². The number of carbonyl (C=O) groups is 2. The fraction of sp³-hybridized carbons (Fsp3) is 0.667. The van der Waals surface area contributed by atoms with Crippen molar-refractivity contribution in [2.24, 2.45) is 0 Å². The molecule has 1 aromatic heterocycles. The standard InChI is InChI=1S/C18H26N2O3S/c1-3-23-18(22)16-13-8-6-9-14(13)24-17(16)19-15(21)11-20-10-5-4-7-12(20)2/h12H,3-11H2,1-2H3,(H,19,21)/p+1/t12-/m1/s1. The Morgan fingerprint density at radius 1 is 1.29 bits per heavy atom. The van der Waals surface area contributed by atoms with Crippen molar-refractivity contribution in [3.8, 4) is 0 Å². The minimum absolute atomic E-state index is 0.00391. The summed E-state index contributed by atoms with van der Waals surface area (Å²) in [5, 5.41) is 3.69. The van der Waals surface area contributed by atoms with Gasteiger partial charge < -0.3 is 15.0 Å². The summed E-state index contributed by atoms with van der Waals surface area (Å²) in [4.78, 5) is 27.4. The first-order valence-electron chi connectivity index (χ1n) is 9.06. The third kappa shape index (κ3) is 3.64. The molecule has 24 heavy (non-hydrogen) atoms. The second kappa shape index (κ2) is 7.66. The molecular weight excluding hydrogens is 324 g/mol. The SMILES string of the molecule is CCOC(=O)c1c(NC(=O)C[NH+]2CCCC[C@H]2C)sc2c1CCC2. The number of likely N-dealkylation sites (tertiary alicyclic amines) is 1. The molecule has 2 atom stereocenters. The summed E-state index contributed by atoms with van der Waals surface area (Å²) in [5.74, 6) is -0.296. The van der Waals surface area contributed by atoms with Gasteiger partial charge in [0, 0.05) is 4.88 Å². The summed E-state index contributed by atoms with van der Waals surface area (Å²) in [7, 11) is 0. The quantitative estimate of drug-likeness (QED) is 0.796. The predicted octanol–water partition coefficient (Wildman–Crippen LogP) is 1.81. The minimum Gasteiger partial charge on any atom is -0.462 e. The molecule has 0 spiro atoms. The van der Waals surface area contributed by atoms with Gasteiger partial charge in [-0.1, -0.05) is 0 Å². The van der Waals surface area contributed by atoms with Crippen LogP contribution in [0.3, 0.4) is 0 Å². The second-order valence-corrected chi connectivity index (χ2v) is 7.92. The smallest absolute Gasteiger partial charge is 0.341 e. The van der Waals surface area contributed by atoms with Crippen molar-refractivity contribution in [1.82, 2.24) is 0 Å². The summed E-state index contributed by atoms with van der Waals surface area (Å²) in [6.45, 7) is 5.91. The second-order valence-electron chi connectivity index (χ2n) is 6.81. The van der Waals surface area contributed by atoms with E-state index in [4.69, 9.17) is 4.74 Å². The molecule has 1 aromatic rings. The molecule has 0 bridgehead atoms. The summed E-state index contributed by atoms with van der Waals surface area (Å²) in [5.41, 5.74) is 1.69. The molecule has 2 aliphatic rings. The normalized spacial score (nSPS) is 22.9. The van der Waals surface area contributed by atoms with E-state index < -0.39 is 0 Å². The van der Waals surface area contributed by atoms with Crippen molar-refractivity contribution < 1.29 is 19.2 Å². The lowest BCUT2D eigenvalue weighted by atomic mass is 10.0. The molecule has 3 rings (SSSR count). The lowest BCUT2D eigenvalue weighted by Gasteiger charge is -2.29. The van der Waals surface area contributed by atoms with Crippen LogP contribution in [-0.2, 0) is 22.4 Å². The van der Waals surface area contributed by atoms with Crippen LogP contribution in [-0.4, -0.2) is 37.6 Å². The van der Waals surface area contributed by atoms with Crippen LogP contribution in [0.1, 0.15) is 60.3 Å². The van der Waals surface area contributed by atoms with E-state index in [-0.39, 0.29) is 11.9 Å². The van der Waals surface area contributed by atoms with Crippen molar-refractivity contribution in [3.05, 3.63) is 16.0 Å². The average molecular weight is 351 g/mol. The summed E-state index contributed by atoms with van der Waals surface area (Å²) in [6, 6.07) is 0.530. The van der Waals surface area contributed by atoms with Gasteiger partial charge in [-0.2, -0.15) is 0 Å². The third-order valence-corrected chi connectivity index (χ3v) is 6.33. The highest BCUT2D eigenvalue weighted by atomic mass is 32.1. The van der Waals surface area contributed by atoms with Crippen LogP contribution < -0.4 is 10.2 Å². The number of amides is 1. The van der Waals surface area contributed by atoms with Gasteiger partial charge in [-0.3, -0.25) is 4.79 Å². The number of esters is 1. The molecule has 0 saturated carbocycles. The average Bonchev–Trinajstić information content (AvgIpc) is 3.10. The molecule has 1 fully saturated rings. The highest BCUT2D eigenvalue weighted by Crippen LogP contribution is 2.39. The maximum atomic E-state index is 12.5. The van der Waals surface area contributed by atoms with Crippen molar-refractivity contribution in [3.63, 3.8) is 0 Å². The molecule has 1 amide bonds. The third-order valence-electron chi connectivity index (χ3n) is 5.12. The number of hydrogen-bond acceptors (Lipinski definition) is 4. The molecule has 1 aliphatic carbocycles. The van der Waals surface area contributed by atoms with Gasteiger partial charge in [-0.05, 0) is 57.9 Å². The first-order valence-corrected chi connectivity index (χ1v) is 9.87. The highest BCUT2D eigenvalue weighted by molar-refractivity contribution is 7.17. The number of aryl methyl sites for hydroxylation is 1. The number of thiophene rings is 1. The molecule has 132 valence electrons. The van der Waals surface area contributed by atoms with Gasteiger partial charge in [0.2, 0.25) is 0 Å². The minimum atomic E-state index is -0.300. The van der Waals surface area contributed by atoms with Crippen LogP contribution in [0.15, 0.2) is 0 Å². The van der Waals surface area contributed by atoms with Crippen molar-refractivity contribution in [1.29, 1.82) is 0 Å². The Kier molecular flexibility index (Phi) is 5.56. The zero-order valence-electron chi connectivity index (χ0n) is 14.6. The zero-order chi connectivity index (χ0) is 17.1. The fourth-order valence-corrected chi connectivity index (χ4v) is 5.10. The number of rotatable bonds is 5. The molecular formula is C18H27N2O3S+. The zero-order valence-corrected chi connectivity index (χ0v) is 15.4. The van der Waals surface area contributed by atoms with E-state index >= 15 is 0 Å². The van der Waals surface area contributed by atoms with Gasteiger partial charge in [0.15, 0.2) is 6.54 Å². The van der Waals surface area contributed by atoms with Crippen molar-refractivity contribution in [2.75, 3.05) is 25.0 Å². The number of anilines is 1. The Hall–Kier alpha value is -1.40. The Labute approximate surface area is 147 Å². The Morgan fingerprint density at radius 2 is 2.12 bits per heavy atom. The molecule has 1 unspecified atom stereocenters. The number of quaternary nitrogens is 1. The number of carbonyl (C=O) groups excluding carboxylic acids is 2. The van der Waals surface area contributed by atoms with Crippen LogP contribution in [0.4, 0.5) is 5.00 Å². The van der Waals surface area contributed by atoms with E-state index in [1.54, 1.807) is 11.3 Å². The first-order chi connectivity index (χ1) is 11.6. The molecule has 5 nitrogen and oxygen atoms in total. The molecule has 1 saturated heterocycles. The van der Waals surface area contributed by atoms with Gasteiger partial charge in [-0.15, -0.1) is 11.3 Å². The number of piperidine rings is 1. The summed E-state index contributed by atoms with van der Waals surface area (Å²) in [6.07, 6.45) is 6.62. The number of ether oxygens (including phenoxy) is 1. The Balaban J connectivity index is 1.72. The monoisotopic (exact) mass is 351 g/mol. The topological polar surface area (TPSA) is 59.8 Å². The number of hydrogen-bond donors (Lipinski definition) is 2. The first kappa shape index (κ1) is 17.4. The van der Waals surface area contributed by atoms with Crippen LogP contribution in [0.2, 0.25) is 0 Å². The van der Waals surface area contributed by atoms with Crippen LogP contribution in [0.5, 0.6) is 0 Å². The van der Waals surface area contributed by atoms with Crippen LogP contribution in [0.25, 0.3) is 0 Å².